The molecule has 0 nitrogen and oxygen atoms in total. The molecule has 0 heterocycles. The van der Waals surface area contributed by atoms with Crippen LogP contribution in [0.1, 0.15) is 105 Å². The third kappa shape index (κ3) is 7.19. The number of hydrogen-bond acceptors (Lipinski definition) is 0. The molecule has 0 aromatic heterocycles. The van der Waals surface area contributed by atoms with Crippen molar-refractivity contribution in [1.29, 1.82) is 0 Å². The Morgan fingerprint density at radius 1 is 0.406 bits per heavy atom. The zero-order valence-corrected chi connectivity index (χ0v) is 24.0. The van der Waals surface area contributed by atoms with Crippen molar-refractivity contribution in [1.82, 2.24) is 0 Å². The van der Waals surface area contributed by atoms with Crippen LogP contribution in [0.5, 0.6) is 0 Å². The fourth-order valence-corrected chi connectivity index (χ4v) is 16.2. The molecular formula is C30H56P2. The lowest BCUT2D eigenvalue weighted by Crippen LogP contribution is -2.19. The van der Waals surface area contributed by atoms with E-state index in [1.54, 1.807) is 62.7 Å². The van der Waals surface area contributed by atoms with Crippen LogP contribution in [0.4, 0.5) is 0 Å². The maximum Gasteiger partial charge on any atom is -0.0286 e. The fraction of sp³-hybridized carbons (Fsp3) is 1.00. The minimum absolute atomic E-state index is 0.290. The average Bonchev–Trinajstić information content (AvgIpc) is 3.55. The van der Waals surface area contributed by atoms with Gasteiger partial charge in [0.15, 0.2) is 0 Å². The second-order valence-corrected chi connectivity index (χ2v) is 18.2. The summed E-state index contributed by atoms with van der Waals surface area (Å²) in [6.07, 6.45) is 28.4. The lowest BCUT2D eigenvalue weighted by Gasteiger charge is -2.32. The van der Waals surface area contributed by atoms with Crippen molar-refractivity contribution in [3.63, 3.8) is 0 Å². The monoisotopic (exact) mass is 478 g/mol. The van der Waals surface area contributed by atoms with E-state index in [0.29, 0.717) is 0 Å². The first kappa shape index (κ1) is 25.9. The molecule has 0 spiro atoms. The predicted octanol–water partition coefficient (Wildman–Crippen LogP) is 9.69. The molecule has 0 aromatic rings. The molecule has 186 valence electrons. The Balaban J connectivity index is 1.37. The second-order valence-electron chi connectivity index (χ2n) is 13.2. The van der Waals surface area contributed by atoms with E-state index in [-0.39, 0.29) is 15.8 Å². The van der Waals surface area contributed by atoms with Crippen LogP contribution in [0.2, 0.25) is 0 Å². The SMILES string of the molecule is CC1CCC[C@@H]1CP(CCP(C[C@H]1CCC[C@@H]1C)C[C@@H]1CCC[C@@H]1C)C[C@@H]1CCCC1C. The van der Waals surface area contributed by atoms with Gasteiger partial charge >= 0.3 is 0 Å². The second kappa shape index (κ2) is 12.7. The summed E-state index contributed by atoms with van der Waals surface area (Å²) in [6, 6.07) is 0. The summed E-state index contributed by atoms with van der Waals surface area (Å²) in [6.45, 7) is 10.3. The Morgan fingerprint density at radius 3 is 0.844 bits per heavy atom. The van der Waals surface area contributed by atoms with Crippen molar-refractivity contribution in [3.8, 4) is 0 Å². The van der Waals surface area contributed by atoms with Crippen LogP contribution < -0.4 is 0 Å². The van der Waals surface area contributed by atoms with Gasteiger partial charge in [0.25, 0.3) is 0 Å². The Kier molecular flexibility index (Phi) is 10.3. The van der Waals surface area contributed by atoms with Crippen LogP contribution in [0.15, 0.2) is 0 Å². The van der Waals surface area contributed by atoms with E-state index in [1.165, 1.54) is 51.4 Å². The van der Waals surface area contributed by atoms with Crippen LogP contribution >= 0.6 is 15.8 Å². The molecule has 0 bridgehead atoms. The largest absolute Gasteiger partial charge is 0.106 e. The molecule has 0 aliphatic heterocycles. The summed E-state index contributed by atoms with van der Waals surface area (Å²) < 4.78 is 0. The lowest BCUT2D eigenvalue weighted by molar-refractivity contribution is 0.448. The Bertz CT molecular complexity index is 455. The third-order valence-corrected chi connectivity index (χ3v) is 16.9. The first-order chi connectivity index (χ1) is 15.5. The van der Waals surface area contributed by atoms with E-state index in [0.717, 1.165) is 47.3 Å². The zero-order chi connectivity index (χ0) is 22.5. The molecule has 4 fully saturated rings. The van der Waals surface area contributed by atoms with Crippen LogP contribution in [0, 0.1) is 47.3 Å². The van der Waals surface area contributed by atoms with Crippen LogP contribution in [-0.4, -0.2) is 37.0 Å². The summed E-state index contributed by atoms with van der Waals surface area (Å²) in [5.41, 5.74) is 0. The average molecular weight is 479 g/mol. The van der Waals surface area contributed by atoms with Crippen LogP contribution in [0.3, 0.4) is 0 Å². The molecule has 10 atom stereocenters. The van der Waals surface area contributed by atoms with Crippen molar-refractivity contribution in [2.24, 2.45) is 47.3 Å². The van der Waals surface area contributed by atoms with Gasteiger partial charge in [-0.25, -0.2) is 0 Å². The molecular weight excluding hydrogens is 422 g/mol. The summed E-state index contributed by atoms with van der Waals surface area (Å²) >= 11 is 0. The standard InChI is InChI=1S/C30H56P2/c1-23-9-5-13-27(23)19-31(20-28-14-6-10-24(28)2)17-18-32(21-29-15-7-11-25(29)3)22-30-16-8-12-26(30)4/h23-30H,5-22H2,1-4H3/t23-,24-,25?,26?,27-,28+,29-,30+,31?,32?/m0/s1. The van der Waals surface area contributed by atoms with Gasteiger partial charge in [-0.3, -0.25) is 0 Å². The van der Waals surface area contributed by atoms with Crippen molar-refractivity contribution in [2.45, 2.75) is 105 Å². The van der Waals surface area contributed by atoms with E-state index < -0.39 is 0 Å². The minimum Gasteiger partial charge on any atom is -0.106 e. The molecule has 4 aliphatic carbocycles. The normalized spacial score (nSPS) is 42.0. The Morgan fingerprint density at radius 2 is 0.656 bits per heavy atom. The van der Waals surface area contributed by atoms with Gasteiger partial charge in [0, 0.05) is 0 Å². The summed E-state index contributed by atoms with van der Waals surface area (Å²) in [7, 11) is 0.580. The van der Waals surface area contributed by atoms with E-state index in [1.807, 2.05) is 0 Å². The molecule has 4 aliphatic rings. The molecule has 4 rings (SSSR count). The Labute approximate surface area is 204 Å². The molecule has 4 unspecified atom stereocenters. The number of hydrogen-bond donors (Lipinski definition) is 0. The Hall–Kier alpha value is 0.860. The third-order valence-electron chi connectivity index (χ3n) is 10.9. The van der Waals surface area contributed by atoms with Gasteiger partial charge in [0.05, 0.1) is 0 Å². The van der Waals surface area contributed by atoms with Crippen LogP contribution in [0.25, 0.3) is 0 Å². The van der Waals surface area contributed by atoms with Gasteiger partial charge in [-0.2, -0.15) is 0 Å². The molecule has 2 heteroatoms. The maximum atomic E-state index is 2.58. The van der Waals surface area contributed by atoms with Gasteiger partial charge < -0.3 is 0 Å². The predicted molar refractivity (Wildman–Crippen MR) is 149 cm³/mol. The van der Waals surface area contributed by atoms with E-state index in [2.05, 4.69) is 27.7 Å². The van der Waals surface area contributed by atoms with Crippen molar-refractivity contribution in [3.05, 3.63) is 0 Å². The topological polar surface area (TPSA) is 0 Å². The molecule has 32 heavy (non-hydrogen) atoms. The molecule has 0 aromatic carbocycles. The highest BCUT2D eigenvalue weighted by atomic mass is 31.1. The zero-order valence-electron chi connectivity index (χ0n) is 22.2. The summed E-state index contributed by atoms with van der Waals surface area (Å²) in [4.78, 5) is 0. The van der Waals surface area contributed by atoms with Gasteiger partial charge in [0.1, 0.15) is 0 Å². The van der Waals surface area contributed by atoms with Crippen molar-refractivity contribution < 1.29 is 0 Å². The molecule has 0 N–H and O–H groups in total. The van der Waals surface area contributed by atoms with Gasteiger partial charge in [-0.05, 0) is 110 Å². The molecule has 0 amide bonds. The number of rotatable bonds is 11. The quantitative estimate of drug-likeness (QED) is 0.259. The first-order valence-corrected chi connectivity index (χ1v) is 18.7. The van der Waals surface area contributed by atoms with Crippen molar-refractivity contribution in [2.75, 3.05) is 37.0 Å². The van der Waals surface area contributed by atoms with Gasteiger partial charge in [0.2, 0.25) is 0 Å². The fourth-order valence-electron chi connectivity index (χ4n) is 8.10. The molecule has 0 radical (unpaired) electrons. The van der Waals surface area contributed by atoms with Crippen LogP contribution in [-0.2, 0) is 0 Å². The summed E-state index contributed by atoms with van der Waals surface area (Å²) in [5.74, 6) is 8.48. The first-order valence-electron chi connectivity index (χ1n) is 14.9. The van der Waals surface area contributed by atoms with E-state index >= 15 is 0 Å². The smallest absolute Gasteiger partial charge is 0.0286 e. The van der Waals surface area contributed by atoms with Crippen molar-refractivity contribution >= 4 is 15.8 Å². The van der Waals surface area contributed by atoms with E-state index in [4.69, 9.17) is 0 Å². The van der Waals surface area contributed by atoms with E-state index in [9.17, 15) is 0 Å². The molecule has 0 saturated heterocycles. The maximum absolute atomic E-state index is 2.58. The lowest BCUT2D eigenvalue weighted by atomic mass is 10.0. The highest BCUT2D eigenvalue weighted by molar-refractivity contribution is 7.61. The minimum atomic E-state index is 0.290. The highest BCUT2D eigenvalue weighted by Gasteiger charge is 2.33. The van der Waals surface area contributed by atoms with Gasteiger partial charge in [-0.1, -0.05) is 79.1 Å². The highest BCUT2D eigenvalue weighted by Crippen LogP contribution is 2.54. The molecule has 4 saturated carbocycles. The summed E-state index contributed by atoms with van der Waals surface area (Å²) in [5, 5.41) is 0. The van der Waals surface area contributed by atoms with Gasteiger partial charge in [-0.15, -0.1) is 15.8 Å².